The highest BCUT2D eigenvalue weighted by Gasteiger charge is 2.34. The fourth-order valence-electron chi connectivity index (χ4n) is 3.97. The molecule has 2 aromatic rings. The lowest BCUT2D eigenvalue weighted by Gasteiger charge is -2.37. The van der Waals surface area contributed by atoms with Gasteiger partial charge in [0.1, 0.15) is 11.7 Å². The van der Waals surface area contributed by atoms with Crippen LogP contribution in [0.3, 0.4) is 0 Å². The lowest BCUT2D eigenvalue weighted by molar-refractivity contribution is -0.130. The van der Waals surface area contributed by atoms with E-state index >= 15 is 0 Å². The monoisotopic (exact) mass is 492 g/mol. The number of carbonyl (C=O) groups is 2. The number of nitrogens with zero attached hydrogens (tertiary/aromatic N) is 4. The smallest absolute Gasteiger partial charge is 0.259 e. The topological polar surface area (TPSA) is 86.2 Å². The third-order valence-electron chi connectivity index (χ3n) is 6.23. The van der Waals surface area contributed by atoms with Gasteiger partial charge in [0, 0.05) is 31.3 Å². The van der Waals surface area contributed by atoms with Gasteiger partial charge in [-0.2, -0.15) is 0 Å². The van der Waals surface area contributed by atoms with Crippen molar-refractivity contribution in [3.8, 4) is 17.7 Å². The van der Waals surface area contributed by atoms with E-state index in [4.69, 9.17) is 4.74 Å². The lowest BCUT2D eigenvalue weighted by Crippen LogP contribution is -2.50. The molecule has 0 bridgehead atoms. The zero-order chi connectivity index (χ0) is 26.2. The summed E-state index contributed by atoms with van der Waals surface area (Å²) in [6.07, 6.45) is 1.50. The van der Waals surface area contributed by atoms with E-state index in [2.05, 4.69) is 16.8 Å². The highest BCUT2D eigenvalue weighted by molar-refractivity contribution is 5.97. The summed E-state index contributed by atoms with van der Waals surface area (Å²) in [6, 6.07) is 10.9. The molecule has 0 aliphatic carbocycles. The second-order valence-corrected chi connectivity index (χ2v) is 9.68. The van der Waals surface area contributed by atoms with Crippen LogP contribution in [0.2, 0.25) is 0 Å². The molecule has 192 valence electrons. The van der Waals surface area contributed by atoms with E-state index < -0.39 is 6.10 Å². The summed E-state index contributed by atoms with van der Waals surface area (Å²) < 4.78 is 6.28. The third-order valence-corrected chi connectivity index (χ3v) is 6.23. The van der Waals surface area contributed by atoms with Crippen LogP contribution >= 0.6 is 0 Å². The van der Waals surface area contributed by atoms with Gasteiger partial charge in [0.2, 0.25) is 11.8 Å². The Kier molecular flexibility index (Phi) is 9.45. The molecule has 0 spiro atoms. The molecule has 1 aliphatic heterocycles. The molecule has 3 atom stereocenters. The molecule has 36 heavy (non-hydrogen) atoms. The summed E-state index contributed by atoms with van der Waals surface area (Å²) in [7, 11) is 5.63. The van der Waals surface area contributed by atoms with E-state index in [1.807, 2.05) is 63.2 Å². The van der Waals surface area contributed by atoms with Crippen LogP contribution in [0.5, 0.6) is 5.88 Å². The number of fused-ring (bicyclic) bond motifs is 1. The predicted octanol–water partition coefficient (Wildman–Crippen LogP) is 1.92. The van der Waals surface area contributed by atoms with Crippen LogP contribution in [-0.2, 0) is 11.2 Å². The predicted molar refractivity (Wildman–Crippen MR) is 139 cm³/mol. The molecule has 8 heteroatoms. The van der Waals surface area contributed by atoms with Crippen molar-refractivity contribution in [2.45, 2.75) is 32.4 Å². The van der Waals surface area contributed by atoms with Crippen LogP contribution in [0.25, 0.3) is 0 Å². The molecule has 0 saturated carbocycles. The summed E-state index contributed by atoms with van der Waals surface area (Å²) in [5.41, 5.74) is 1.87. The molecule has 3 rings (SSSR count). The van der Waals surface area contributed by atoms with Gasteiger partial charge in [-0.1, -0.05) is 49.1 Å². The molecule has 1 aliphatic rings. The summed E-state index contributed by atoms with van der Waals surface area (Å²) in [5.74, 6) is 5.94. The summed E-state index contributed by atoms with van der Waals surface area (Å²) >= 11 is 0. The van der Waals surface area contributed by atoms with Crippen LogP contribution in [0, 0.1) is 17.8 Å². The molecule has 0 saturated heterocycles. The molecule has 1 N–H and O–H groups in total. The van der Waals surface area contributed by atoms with E-state index in [-0.39, 0.29) is 36.3 Å². The second-order valence-electron chi connectivity index (χ2n) is 9.68. The van der Waals surface area contributed by atoms with Crippen LogP contribution in [0.4, 0.5) is 0 Å². The number of hydrogen-bond donors (Lipinski definition) is 1. The molecule has 1 aromatic heterocycles. The Balaban J connectivity index is 1.87. The summed E-state index contributed by atoms with van der Waals surface area (Å²) in [6.45, 7) is 4.93. The van der Waals surface area contributed by atoms with E-state index in [0.29, 0.717) is 37.2 Å². The molecule has 1 aromatic carbocycles. The van der Waals surface area contributed by atoms with E-state index in [9.17, 15) is 14.7 Å². The third kappa shape index (κ3) is 7.06. The number of benzene rings is 1. The molecular weight excluding hydrogens is 456 g/mol. The van der Waals surface area contributed by atoms with Crippen molar-refractivity contribution in [2.75, 3.05) is 47.4 Å². The lowest BCUT2D eigenvalue weighted by atomic mass is 9.99. The number of ether oxygens (including phenoxy) is 1. The summed E-state index contributed by atoms with van der Waals surface area (Å²) in [4.78, 5) is 36.1. The highest BCUT2D eigenvalue weighted by Crippen LogP contribution is 2.27. The van der Waals surface area contributed by atoms with Gasteiger partial charge in [0.15, 0.2) is 0 Å². The van der Waals surface area contributed by atoms with Crippen LogP contribution < -0.4 is 4.74 Å². The zero-order valence-electron chi connectivity index (χ0n) is 21.8. The van der Waals surface area contributed by atoms with E-state index in [1.54, 1.807) is 29.1 Å². The minimum absolute atomic E-state index is 0.0181. The first-order chi connectivity index (χ1) is 17.2. The maximum atomic E-state index is 13.5. The van der Waals surface area contributed by atoms with Crippen molar-refractivity contribution >= 4 is 11.8 Å². The number of rotatable bonds is 7. The maximum Gasteiger partial charge on any atom is 0.259 e. The van der Waals surface area contributed by atoms with Crippen molar-refractivity contribution in [1.29, 1.82) is 0 Å². The number of amides is 2. The van der Waals surface area contributed by atoms with Gasteiger partial charge in [0.05, 0.1) is 32.2 Å². The molecule has 0 radical (unpaired) electrons. The largest absolute Gasteiger partial charge is 0.472 e. The Morgan fingerprint density at radius 2 is 2.00 bits per heavy atom. The van der Waals surface area contributed by atoms with Crippen molar-refractivity contribution in [2.24, 2.45) is 5.92 Å². The Morgan fingerprint density at radius 1 is 1.28 bits per heavy atom. The Morgan fingerprint density at radius 3 is 2.67 bits per heavy atom. The van der Waals surface area contributed by atoms with Gasteiger partial charge in [-0.25, -0.2) is 4.98 Å². The molecule has 2 amide bonds. The summed E-state index contributed by atoms with van der Waals surface area (Å²) in [5, 5.41) is 9.83. The van der Waals surface area contributed by atoms with Gasteiger partial charge in [-0.3, -0.25) is 14.5 Å². The first kappa shape index (κ1) is 27.2. The number of aliphatic hydroxyl groups is 1. The molecule has 0 fully saturated rings. The van der Waals surface area contributed by atoms with Crippen molar-refractivity contribution < 1.29 is 19.4 Å². The molecule has 2 heterocycles. The minimum Gasteiger partial charge on any atom is -0.472 e. The fraction of sp³-hybridized carbons (Fsp3) is 0.464. The van der Waals surface area contributed by atoms with Crippen LogP contribution in [0.15, 0.2) is 42.6 Å². The van der Waals surface area contributed by atoms with E-state index in [1.165, 1.54) is 0 Å². The Bertz CT molecular complexity index is 1110. The number of hydrogen-bond acceptors (Lipinski definition) is 6. The number of aliphatic hydroxyl groups excluding tert-OH is 1. The number of carbonyl (C=O) groups excluding carboxylic acids is 2. The maximum absolute atomic E-state index is 13.5. The second kappa shape index (κ2) is 12.5. The standard InChI is InChI=1S/C28H36N4O4/c1-20-17-32(21(2)19-33)28(35)24-14-23(12-9-13-30(3)4)16-29-27(24)36-25(20)18-31(5)26(34)15-22-10-7-6-8-11-22/h6-8,10-11,14,16,20-21,25,33H,13,15,17-19H2,1-5H3/t20-,21+,25+/m1/s1. The van der Waals surface area contributed by atoms with Gasteiger partial charge in [0.25, 0.3) is 5.91 Å². The SMILES string of the molecule is C[C@@H]1CN([C@@H](C)CO)C(=O)c2cc(C#CCN(C)C)cnc2O[C@H]1CN(C)C(=O)Cc1ccccc1. The van der Waals surface area contributed by atoms with E-state index in [0.717, 1.165) is 5.56 Å². The van der Waals surface area contributed by atoms with Crippen molar-refractivity contribution in [1.82, 2.24) is 19.7 Å². The van der Waals surface area contributed by atoms with Gasteiger partial charge >= 0.3 is 0 Å². The number of pyridine rings is 1. The van der Waals surface area contributed by atoms with Crippen molar-refractivity contribution in [3.05, 3.63) is 59.3 Å². The Hall–Kier alpha value is -3.41. The molecule has 0 unspecified atom stereocenters. The zero-order valence-corrected chi connectivity index (χ0v) is 21.8. The average molecular weight is 493 g/mol. The van der Waals surface area contributed by atoms with Crippen molar-refractivity contribution in [3.63, 3.8) is 0 Å². The Labute approximate surface area is 213 Å². The first-order valence-corrected chi connectivity index (χ1v) is 12.2. The quantitative estimate of drug-likeness (QED) is 0.595. The van der Waals surface area contributed by atoms with Gasteiger partial charge in [-0.15, -0.1) is 0 Å². The highest BCUT2D eigenvalue weighted by atomic mass is 16.5. The van der Waals surface area contributed by atoms with Gasteiger partial charge in [-0.05, 0) is 32.6 Å². The molecular formula is C28H36N4O4. The van der Waals surface area contributed by atoms with Gasteiger partial charge < -0.3 is 19.6 Å². The normalized spacial score (nSPS) is 18.3. The average Bonchev–Trinajstić information content (AvgIpc) is 2.86. The number of aromatic nitrogens is 1. The molecule has 8 nitrogen and oxygen atoms in total. The first-order valence-electron chi connectivity index (χ1n) is 12.2. The number of likely N-dealkylation sites (N-methyl/N-ethyl adjacent to an activating group) is 1. The van der Waals surface area contributed by atoms with Crippen LogP contribution in [0.1, 0.15) is 35.3 Å². The fourth-order valence-corrected chi connectivity index (χ4v) is 3.97. The minimum atomic E-state index is -0.395. The van der Waals surface area contributed by atoms with Crippen LogP contribution in [-0.4, -0.2) is 96.1 Å².